The molecule has 0 bridgehead atoms. The number of carbonyl (C=O) groups is 1. The Bertz CT molecular complexity index is 1220. The van der Waals surface area contributed by atoms with Gasteiger partial charge < -0.3 is 21.0 Å². The highest BCUT2D eigenvalue weighted by atomic mass is 32.2. The Morgan fingerprint density at radius 3 is 2.72 bits per heavy atom. The van der Waals surface area contributed by atoms with Crippen LogP contribution in [-0.2, 0) is 21.2 Å². The number of allylic oxidation sites excluding steroid dienone is 1. The van der Waals surface area contributed by atoms with Crippen molar-refractivity contribution in [2.45, 2.75) is 17.1 Å². The molecule has 4 N–H and O–H groups in total. The van der Waals surface area contributed by atoms with E-state index in [-0.39, 0.29) is 17.1 Å². The molecule has 0 fully saturated rings. The van der Waals surface area contributed by atoms with E-state index in [1.807, 2.05) is 0 Å². The Kier molecular flexibility index (Phi) is 5.76. The minimum Gasteiger partial charge on any atom is -0.497 e. The number of carboxylic acids is 1. The van der Waals surface area contributed by atoms with Crippen molar-refractivity contribution in [2.75, 3.05) is 7.11 Å². The average Bonchev–Trinajstić information content (AvgIpc) is 3.33. The molecule has 0 unspecified atom stereocenters. The second-order valence-corrected chi connectivity index (χ2v) is 9.24. The molecule has 8 nitrogen and oxygen atoms in total. The first kappa shape index (κ1) is 20.6. The third kappa shape index (κ3) is 3.89. The normalized spacial score (nSPS) is 12.2. The largest absolute Gasteiger partial charge is 0.497 e. The van der Waals surface area contributed by atoms with Gasteiger partial charge in [-0.1, -0.05) is 0 Å². The number of aliphatic carboxylic acids is 1. The summed E-state index contributed by atoms with van der Waals surface area (Å²) in [4.78, 5) is 11.6. The fourth-order valence-electron chi connectivity index (χ4n) is 2.92. The topological polar surface area (TPSA) is 135 Å². The summed E-state index contributed by atoms with van der Waals surface area (Å²) in [5.74, 6) is -0.418. The molecule has 0 aliphatic carbocycles. The van der Waals surface area contributed by atoms with Crippen LogP contribution in [0.2, 0.25) is 0 Å². The van der Waals surface area contributed by atoms with E-state index in [9.17, 15) is 13.2 Å². The molecule has 1 aromatic carbocycles. The summed E-state index contributed by atoms with van der Waals surface area (Å²) in [6, 6.07) is 8.05. The predicted molar refractivity (Wildman–Crippen MR) is 112 cm³/mol. The third-order valence-electron chi connectivity index (χ3n) is 4.38. The van der Waals surface area contributed by atoms with E-state index in [0.717, 1.165) is 21.5 Å². The molecular formula is C19H19N3O5S2. The van der Waals surface area contributed by atoms with Crippen LogP contribution in [0, 0.1) is 5.41 Å². The number of benzene rings is 1. The van der Waals surface area contributed by atoms with Crippen LogP contribution in [0.25, 0.3) is 16.5 Å². The van der Waals surface area contributed by atoms with Crippen molar-refractivity contribution in [2.24, 2.45) is 5.73 Å². The van der Waals surface area contributed by atoms with Gasteiger partial charge in [-0.3, -0.25) is 4.79 Å². The molecule has 0 atom stereocenters. The number of ether oxygens (including phenoxy) is 1. The number of nitrogens with one attached hydrogen (secondary N) is 1. The second kappa shape index (κ2) is 8.10. The van der Waals surface area contributed by atoms with Crippen LogP contribution in [0.15, 0.2) is 46.9 Å². The number of hydrogen-bond acceptors (Lipinski definition) is 7. The Balaban J connectivity index is 2.15. The van der Waals surface area contributed by atoms with Gasteiger partial charge in [-0.15, -0.1) is 11.3 Å². The van der Waals surface area contributed by atoms with Gasteiger partial charge in [0.25, 0.3) is 10.0 Å². The van der Waals surface area contributed by atoms with Gasteiger partial charge in [0.1, 0.15) is 9.96 Å². The van der Waals surface area contributed by atoms with E-state index in [2.05, 4.69) is 0 Å². The van der Waals surface area contributed by atoms with Gasteiger partial charge in [0.05, 0.1) is 12.6 Å². The smallest absolute Gasteiger partial charge is 0.303 e. The lowest BCUT2D eigenvalue weighted by Gasteiger charge is -2.06. The Labute approximate surface area is 171 Å². The highest BCUT2D eigenvalue weighted by Gasteiger charge is 2.24. The lowest BCUT2D eigenvalue weighted by atomic mass is 10.1. The number of nitrogens with zero attached hydrogens (tertiary/aromatic N) is 1. The van der Waals surface area contributed by atoms with Crippen LogP contribution < -0.4 is 10.5 Å². The molecule has 0 aliphatic heterocycles. The van der Waals surface area contributed by atoms with Crippen molar-refractivity contribution in [1.29, 1.82) is 5.41 Å². The molecular weight excluding hydrogens is 414 g/mol. The molecule has 3 aromatic rings. The van der Waals surface area contributed by atoms with Crippen molar-refractivity contribution >= 4 is 50.0 Å². The highest BCUT2D eigenvalue weighted by Crippen LogP contribution is 2.33. The van der Waals surface area contributed by atoms with Crippen LogP contribution in [0.3, 0.4) is 0 Å². The van der Waals surface area contributed by atoms with E-state index in [1.54, 1.807) is 24.3 Å². The molecule has 152 valence electrons. The summed E-state index contributed by atoms with van der Waals surface area (Å²) in [5.41, 5.74) is 6.94. The maximum Gasteiger partial charge on any atom is 0.303 e. The molecule has 2 heterocycles. The summed E-state index contributed by atoms with van der Waals surface area (Å²) < 4.78 is 33.0. The van der Waals surface area contributed by atoms with Gasteiger partial charge in [0.15, 0.2) is 0 Å². The number of aromatic nitrogens is 1. The van der Waals surface area contributed by atoms with Gasteiger partial charge in [-0.2, -0.15) is 8.42 Å². The number of methoxy groups -OCH3 is 1. The summed E-state index contributed by atoms with van der Waals surface area (Å²) >= 11 is 1.01. The summed E-state index contributed by atoms with van der Waals surface area (Å²) in [7, 11) is -2.42. The number of aryl methyl sites for hydroxylation is 1. The zero-order chi connectivity index (χ0) is 21.2. The van der Waals surface area contributed by atoms with E-state index >= 15 is 0 Å². The molecule has 0 saturated carbocycles. The quantitative estimate of drug-likeness (QED) is 0.467. The zero-order valence-corrected chi connectivity index (χ0v) is 17.1. The number of rotatable bonds is 8. The first-order valence-corrected chi connectivity index (χ1v) is 10.8. The van der Waals surface area contributed by atoms with Gasteiger partial charge in [0, 0.05) is 40.9 Å². The predicted octanol–water partition coefficient (Wildman–Crippen LogP) is 2.91. The first-order valence-electron chi connectivity index (χ1n) is 8.49. The Morgan fingerprint density at radius 1 is 1.34 bits per heavy atom. The molecule has 0 radical (unpaired) electrons. The molecule has 0 amide bonds. The summed E-state index contributed by atoms with van der Waals surface area (Å²) in [6.45, 7) is 0. The highest BCUT2D eigenvalue weighted by molar-refractivity contribution is 7.92. The van der Waals surface area contributed by atoms with Crippen molar-refractivity contribution in [1.82, 2.24) is 3.97 Å². The first-order chi connectivity index (χ1) is 13.8. The van der Waals surface area contributed by atoms with E-state index < -0.39 is 16.0 Å². The Hall–Kier alpha value is -3.11. The molecule has 0 spiro atoms. The third-order valence-corrected chi connectivity index (χ3v) is 7.66. The minimum absolute atomic E-state index is 0.0891. The zero-order valence-electron chi connectivity index (χ0n) is 15.5. The fourth-order valence-corrected chi connectivity index (χ4v) is 5.71. The summed E-state index contributed by atoms with van der Waals surface area (Å²) in [5, 5.41) is 17.0. The number of hydrogen-bond donors (Lipinski definition) is 3. The van der Waals surface area contributed by atoms with Crippen LogP contribution in [0.4, 0.5) is 0 Å². The fraction of sp³-hybridized carbons (Fsp3) is 0.158. The molecule has 2 aromatic heterocycles. The van der Waals surface area contributed by atoms with Gasteiger partial charge in [-0.05, 0) is 42.3 Å². The van der Waals surface area contributed by atoms with Gasteiger partial charge >= 0.3 is 5.97 Å². The van der Waals surface area contributed by atoms with Gasteiger partial charge in [-0.25, -0.2) is 3.97 Å². The monoisotopic (exact) mass is 433 g/mol. The summed E-state index contributed by atoms with van der Waals surface area (Å²) in [6.07, 6.45) is 3.83. The molecule has 3 rings (SSSR count). The lowest BCUT2D eigenvalue weighted by Crippen LogP contribution is -2.10. The number of nitrogens with two attached hydrogens (primary N) is 1. The van der Waals surface area contributed by atoms with Crippen molar-refractivity contribution < 1.29 is 23.1 Å². The molecule has 29 heavy (non-hydrogen) atoms. The van der Waals surface area contributed by atoms with Crippen molar-refractivity contribution in [3.8, 4) is 5.75 Å². The maximum atomic E-state index is 13.3. The van der Waals surface area contributed by atoms with E-state index in [4.69, 9.17) is 21.0 Å². The standard InChI is InChI=1S/C19H19N3O5S2/c1-27-14-3-4-16-15(8-14)12(2-6-18(23)24)11-22(16)29(25,26)19-7-5-17(28-19)13(9-20)10-21/h3-5,7-11,20H,2,6,21H2,1H3,(H,23,24)/b13-10+,20-9?. The number of fused-ring (bicyclic) bond motifs is 1. The van der Waals surface area contributed by atoms with Crippen LogP contribution in [0.1, 0.15) is 16.9 Å². The van der Waals surface area contributed by atoms with Gasteiger partial charge in [0.2, 0.25) is 0 Å². The van der Waals surface area contributed by atoms with Crippen molar-refractivity contribution in [3.63, 3.8) is 0 Å². The molecule has 0 aliphatic rings. The SMILES string of the molecule is COc1ccc2c(c1)c(CCC(=O)O)cn2S(=O)(=O)c1ccc(/C(C=N)=C/N)s1. The number of thiophene rings is 1. The number of carboxylic acid groups (broad SMARTS) is 1. The Morgan fingerprint density at radius 2 is 2.10 bits per heavy atom. The van der Waals surface area contributed by atoms with Crippen molar-refractivity contribution in [3.05, 3.63) is 53.2 Å². The van der Waals surface area contributed by atoms with Crippen LogP contribution in [0.5, 0.6) is 5.75 Å². The second-order valence-electron chi connectivity index (χ2n) is 6.12. The minimum atomic E-state index is -3.93. The molecule has 10 heteroatoms. The maximum absolute atomic E-state index is 13.3. The van der Waals surface area contributed by atoms with Crippen LogP contribution in [-0.4, -0.2) is 36.8 Å². The average molecular weight is 434 g/mol. The lowest BCUT2D eigenvalue weighted by molar-refractivity contribution is -0.136. The van der Waals surface area contributed by atoms with E-state index in [0.29, 0.717) is 32.7 Å². The molecule has 0 saturated heterocycles. The van der Waals surface area contributed by atoms with E-state index in [1.165, 1.54) is 25.6 Å². The van der Waals surface area contributed by atoms with Crippen LogP contribution >= 0.6 is 11.3 Å².